The van der Waals surface area contributed by atoms with E-state index in [4.69, 9.17) is 4.74 Å². The summed E-state index contributed by atoms with van der Waals surface area (Å²) in [7, 11) is 3.36. The number of anilines is 1. The van der Waals surface area contributed by atoms with Gasteiger partial charge in [-0.3, -0.25) is 0 Å². The zero-order valence-electron chi connectivity index (χ0n) is 14.2. The first kappa shape index (κ1) is 17.1. The molecule has 128 valence electrons. The van der Waals surface area contributed by atoms with Gasteiger partial charge in [0.15, 0.2) is 0 Å². The third kappa shape index (κ3) is 3.85. The number of pyridine rings is 1. The molecule has 1 aromatic carbocycles. The minimum absolute atomic E-state index is 0.484. The molecule has 0 saturated carbocycles. The number of nitrogens with zero attached hydrogens (tertiary/aromatic N) is 2. The van der Waals surface area contributed by atoms with E-state index in [1.54, 1.807) is 37.6 Å². The van der Waals surface area contributed by atoms with E-state index in [1.807, 2.05) is 43.4 Å². The van der Waals surface area contributed by atoms with Gasteiger partial charge in [-0.05, 0) is 48.9 Å². The van der Waals surface area contributed by atoms with E-state index >= 15 is 0 Å². The number of aromatic nitrogens is 2. The van der Waals surface area contributed by atoms with Crippen molar-refractivity contribution in [1.82, 2.24) is 9.97 Å². The van der Waals surface area contributed by atoms with Gasteiger partial charge in [-0.2, -0.15) is 4.39 Å². The number of halogens is 1. The van der Waals surface area contributed by atoms with Gasteiger partial charge in [0.05, 0.1) is 17.3 Å². The van der Waals surface area contributed by atoms with Crippen molar-refractivity contribution in [3.8, 4) is 5.75 Å². The number of thiazole rings is 1. The van der Waals surface area contributed by atoms with E-state index in [9.17, 15) is 4.39 Å². The van der Waals surface area contributed by atoms with Gasteiger partial charge in [0.25, 0.3) is 0 Å². The predicted molar refractivity (Wildman–Crippen MR) is 103 cm³/mol. The molecule has 0 aliphatic carbocycles. The van der Waals surface area contributed by atoms with Gasteiger partial charge in [-0.1, -0.05) is 12.2 Å². The van der Waals surface area contributed by atoms with Gasteiger partial charge < -0.3 is 10.1 Å². The molecule has 2 aromatic heterocycles. The summed E-state index contributed by atoms with van der Waals surface area (Å²) in [4.78, 5) is 8.41. The van der Waals surface area contributed by atoms with Gasteiger partial charge in [0.2, 0.25) is 5.95 Å². The fourth-order valence-corrected chi connectivity index (χ4v) is 3.26. The van der Waals surface area contributed by atoms with Crippen molar-refractivity contribution < 1.29 is 9.13 Å². The lowest BCUT2D eigenvalue weighted by Gasteiger charge is -2.04. The van der Waals surface area contributed by atoms with Crippen molar-refractivity contribution in [3.63, 3.8) is 0 Å². The van der Waals surface area contributed by atoms with Gasteiger partial charge >= 0.3 is 0 Å². The third-order valence-electron chi connectivity index (χ3n) is 3.73. The molecular weight excluding hydrogens is 337 g/mol. The van der Waals surface area contributed by atoms with Crippen LogP contribution in [0.5, 0.6) is 5.75 Å². The van der Waals surface area contributed by atoms with Gasteiger partial charge in [0.1, 0.15) is 16.6 Å². The molecule has 6 heteroatoms. The van der Waals surface area contributed by atoms with Crippen LogP contribution in [0, 0.1) is 5.95 Å². The number of hydrogen-bond acceptors (Lipinski definition) is 5. The van der Waals surface area contributed by atoms with Crippen LogP contribution >= 0.6 is 11.3 Å². The van der Waals surface area contributed by atoms with Crippen molar-refractivity contribution >= 4 is 39.0 Å². The lowest BCUT2D eigenvalue weighted by Crippen LogP contribution is -1.97. The zero-order chi connectivity index (χ0) is 17.8. The second kappa shape index (κ2) is 7.44. The second-order valence-electron chi connectivity index (χ2n) is 5.38. The van der Waals surface area contributed by atoms with Crippen LogP contribution < -0.4 is 10.1 Å². The SMILES string of the molecule is CNc1ccc(/C(C)=C/C=C/c2nc3ccc(OC)cc3s2)c(F)n1. The highest BCUT2D eigenvalue weighted by molar-refractivity contribution is 7.19. The lowest BCUT2D eigenvalue weighted by molar-refractivity contribution is 0.415. The number of ether oxygens (including phenoxy) is 1. The Labute approximate surface area is 149 Å². The molecule has 1 N–H and O–H groups in total. The van der Waals surface area contributed by atoms with E-state index in [0.717, 1.165) is 26.5 Å². The summed E-state index contributed by atoms with van der Waals surface area (Å²) in [5, 5.41) is 3.70. The second-order valence-corrected chi connectivity index (χ2v) is 6.44. The van der Waals surface area contributed by atoms with Crippen molar-refractivity contribution in [2.24, 2.45) is 0 Å². The first-order valence-corrected chi connectivity index (χ1v) is 8.56. The van der Waals surface area contributed by atoms with Crippen LogP contribution in [-0.2, 0) is 0 Å². The smallest absolute Gasteiger partial charge is 0.222 e. The molecule has 2 heterocycles. The fraction of sp³-hybridized carbons (Fsp3) is 0.158. The molecule has 0 atom stereocenters. The molecule has 3 aromatic rings. The van der Waals surface area contributed by atoms with Crippen LogP contribution in [0.4, 0.5) is 10.2 Å². The monoisotopic (exact) mass is 355 g/mol. The molecule has 0 fully saturated rings. The van der Waals surface area contributed by atoms with Crippen molar-refractivity contribution in [2.45, 2.75) is 6.92 Å². The topological polar surface area (TPSA) is 47.0 Å². The summed E-state index contributed by atoms with van der Waals surface area (Å²) >= 11 is 1.58. The number of nitrogens with one attached hydrogen (secondary N) is 1. The number of allylic oxidation sites excluding steroid dienone is 3. The largest absolute Gasteiger partial charge is 0.497 e. The first-order chi connectivity index (χ1) is 12.1. The Balaban J connectivity index is 1.80. The highest BCUT2D eigenvalue weighted by Crippen LogP contribution is 2.27. The molecule has 0 aliphatic heterocycles. The average molecular weight is 355 g/mol. The average Bonchev–Trinajstić information content (AvgIpc) is 3.03. The number of hydrogen-bond donors (Lipinski definition) is 1. The lowest BCUT2D eigenvalue weighted by atomic mass is 10.1. The summed E-state index contributed by atoms with van der Waals surface area (Å²) in [5.74, 6) is 0.839. The Hall–Kier alpha value is -2.73. The normalized spacial score (nSPS) is 12.1. The molecule has 3 rings (SSSR count). The molecule has 0 unspecified atom stereocenters. The minimum atomic E-state index is -0.485. The van der Waals surface area contributed by atoms with Crippen LogP contribution in [0.2, 0.25) is 0 Å². The van der Waals surface area contributed by atoms with Crippen LogP contribution in [-0.4, -0.2) is 24.1 Å². The maximum Gasteiger partial charge on any atom is 0.222 e. The summed E-state index contributed by atoms with van der Waals surface area (Å²) in [6, 6.07) is 9.27. The molecule has 0 bridgehead atoms. The molecule has 25 heavy (non-hydrogen) atoms. The van der Waals surface area contributed by atoms with E-state index in [-0.39, 0.29) is 0 Å². The molecule has 4 nitrogen and oxygen atoms in total. The minimum Gasteiger partial charge on any atom is -0.497 e. The highest BCUT2D eigenvalue weighted by Gasteiger charge is 2.06. The standard InChI is InChI=1S/C19H18FN3OS/c1-12(14-8-10-17(21-2)23-19(14)20)5-4-6-18-22-15-9-7-13(24-3)11-16(15)25-18/h4-11H,1-3H3,(H,21,23)/b6-4+,12-5+. The molecule has 0 aliphatic rings. The van der Waals surface area contributed by atoms with Crippen LogP contribution in [0.25, 0.3) is 21.9 Å². The van der Waals surface area contributed by atoms with E-state index < -0.39 is 5.95 Å². The number of fused-ring (bicyclic) bond motifs is 1. The summed E-state index contributed by atoms with van der Waals surface area (Å²) in [5.41, 5.74) is 2.22. The quantitative estimate of drug-likeness (QED) is 0.517. The number of benzene rings is 1. The van der Waals surface area contributed by atoms with Gasteiger partial charge in [0, 0.05) is 12.6 Å². The Morgan fingerprint density at radius 1 is 1.24 bits per heavy atom. The first-order valence-electron chi connectivity index (χ1n) is 7.75. The van der Waals surface area contributed by atoms with Crippen LogP contribution in [0.15, 0.2) is 42.5 Å². The third-order valence-corrected chi connectivity index (χ3v) is 4.71. The fourth-order valence-electron chi connectivity index (χ4n) is 2.35. The molecule has 0 amide bonds. The van der Waals surface area contributed by atoms with E-state index in [1.165, 1.54) is 0 Å². The molecule has 0 radical (unpaired) electrons. The van der Waals surface area contributed by atoms with Crippen molar-refractivity contribution in [3.05, 3.63) is 59.0 Å². The molecule has 0 saturated heterocycles. The Morgan fingerprint density at radius 3 is 2.80 bits per heavy atom. The highest BCUT2D eigenvalue weighted by atomic mass is 32.1. The summed E-state index contributed by atoms with van der Waals surface area (Å²) < 4.78 is 20.3. The van der Waals surface area contributed by atoms with Crippen LogP contribution in [0.3, 0.4) is 0 Å². The van der Waals surface area contributed by atoms with E-state index in [0.29, 0.717) is 11.4 Å². The van der Waals surface area contributed by atoms with Crippen molar-refractivity contribution in [2.75, 3.05) is 19.5 Å². The van der Waals surface area contributed by atoms with Gasteiger partial charge in [-0.15, -0.1) is 11.3 Å². The zero-order valence-corrected chi connectivity index (χ0v) is 15.0. The van der Waals surface area contributed by atoms with Crippen molar-refractivity contribution in [1.29, 1.82) is 0 Å². The predicted octanol–water partition coefficient (Wildman–Crippen LogP) is 5.00. The number of methoxy groups -OCH3 is 1. The summed E-state index contributed by atoms with van der Waals surface area (Å²) in [6.07, 6.45) is 5.63. The number of rotatable bonds is 5. The van der Waals surface area contributed by atoms with E-state index in [2.05, 4.69) is 15.3 Å². The Morgan fingerprint density at radius 2 is 2.08 bits per heavy atom. The Bertz CT molecular complexity index is 962. The molecule has 0 spiro atoms. The molecular formula is C19H18FN3OS. The summed E-state index contributed by atoms with van der Waals surface area (Å²) in [6.45, 7) is 1.85. The maximum atomic E-state index is 14.0. The van der Waals surface area contributed by atoms with Crippen LogP contribution in [0.1, 0.15) is 17.5 Å². The Kier molecular flexibility index (Phi) is 5.09. The van der Waals surface area contributed by atoms with Gasteiger partial charge in [-0.25, -0.2) is 9.97 Å². The maximum absolute atomic E-state index is 14.0.